The summed E-state index contributed by atoms with van der Waals surface area (Å²) in [4.78, 5) is 0.0417. The molecule has 1 atom stereocenters. The lowest BCUT2D eigenvalue weighted by Gasteiger charge is -2.25. The van der Waals surface area contributed by atoms with Crippen LogP contribution < -0.4 is 5.73 Å². The molecule has 0 aliphatic carbocycles. The highest BCUT2D eigenvalue weighted by atomic mass is 32.2. The van der Waals surface area contributed by atoms with Crippen molar-refractivity contribution >= 4 is 27.2 Å². The van der Waals surface area contributed by atoms with Gasteiger partial charge in [0.25, 0.3) is 0 Å². The quantitative estimate of drug-likeness (QED) is 0.717. The van der Waals surface area contributed by atoms with Crippen molar-refractivity contribution in [3.63, 3.8) is 0 Å². The molecule has 0 fully saturated rings. The number of sulfonamides is 1. The van der Waals surface area contributed by atoms with Crippen LogP contribution in [0.1, 0.15) is 27.2 Å². The molecule has 0 aliphatic rings. The van der Waals surface area contributed by atoms with E-state index >= 15 is 0 Å². The topological polar surface area (TPSA) is 63.4 Å². The van der Waals surface area contributed by atoms with E-state index in [1.807, 2.05) is 13.8 Å². The summed E-state index contributed by atoms with van der Waals surface area (Å²) in [6.07, 6.45) is 0.411. The highest BCUT2D eigenvalue weighted by Crippen LogP contribution is 2.13. The number of thiocarbonyl (C=S) groups is 1. The Morgan fingerprint density at radius 3 is 2.14 bits per heavy atom. The summed E-state index contributed by atoms with van der Waals surface area (Å²) >= 11 is 4.74. The van der Waals surface area contributed by atoms with E-state index < -0.39 is 15.3 Å². The third-order valence-corrected chi connectivity index (χ3v) is 5.14. The maximum atomic E-state index is 11.9. The van der Waals surface area contributed by atoms with Crippen molar-refractivity contribution in [2.75, 3.05) is 7.05 Å². The predicted molar refractivity (Wildman–Crippen MR) is 62.7 cm³/mol. The second-order valence-corrected chi connectivity index (χ2v) is 6.10. The van der Waals surface area contributed by atoms with E-state index in [0.717, 1.165) is 0 Å². The van der Waals surface area contributed by atoms with Gasteiger partial charge in [-0.2, -0.15) is 0 Å². The van der Waals surface area contributed by atoms with E-state index in [9.17, 15) is 8.42 Å². The molecule has 0 aliphatic heterocycles. The molecule has 2 N–H and O–H groups in total. The number of hydrogen-bond donors (Lipinski definition) is 1. The molecule has 0 heterocycles. The van der Waals surface area contributed by atoms with E-state index in [2.05, 4.69) is 0 Å². The summed E-state index contributed by atoms with van der Waals surface area (Å²) in [5.74, 6) is 0. The zero-order valence-corrected chi connectivity index (χ0v) is 10.7. The molecular formula is C8H18N2O2S2. The highest BCUT2D eigenvalue weighted by molar-refractivity contribution is 7.92. The normalized spacial score (nSPS) is 14.7. The summed E-state index contributed by atoms with van der Waals surface area (Å²) in [5.41, 5.74) is 5.40. The number of nitrogens with two attached hydrogens (primary N) is 1. The van der Waals surface area contributed by atoms with Gasteiger partial charge in [0, 0.05) is 13.1 Å². The van der Waals surface area contributed by atoms with E-state index in [0.29, 0.717) is 6.42 Å². The molecule has 0 aromatic heterocycles. The molecule has 0 rings (SSSR count). The van der Waals surface area contributed by atoms with E-state index in [-0.39, 0.29) is 11.0 Å². The molecule has 0 aromatic carbocycles. The minimum atomic E-state index is -3.38. The Bertz CT molecular complexity index is 298. The molecule has 0 spiro atoms. The largest absolute Gasteiger partial charge is 0.392 e. The lowest BCUT2D eigenvalue weighted by molar-refractivity contribution is 0.407. The van der Waals surface area contributed by atoms with Gasteiger partial charge >= 0.3 is 0 Å². The molecular weight excluding hydrogens is 220 g/mol. The second kappa shape index (κ2) is 5.04. The number of nitrogens with zero attached hydrogens (tertiary/aromatic N) is 1. The summed E-state index contributed by atoms with van der Waals surface area (Å²) in [6.45, 7) is 5.38. The first-order chi connectivity index (χ1) is 6.25. The van der Waals surface area contributed by atoms with Gasteiger partial charge in [0.1, 0.15) is 5.25 Å². The minimum Gasteiger partial charge on any atom is -0.392 e. The van der Waals surface area contributed by atoms with Crippen molar-refractivity contribution in [3.05, 3.63) is 0 Å². The van der Waals surface area contributed by atoms with Crippen LogP contribution >= 0.6 is 12.2 Å². The fourth-order valence-electron chi connectivity index (χ4n) is 1.05. The molecule has 0 saturated carbocycles. The standard InChI is InChI=1S/C8H18N2O2S2/c1-5-7(8(9)13)14(11,12)10(4)6(2)3/h6-7H,5H2,1-4H3,(H2,9,13). The molecule has 0 bridgehead atoms. The Kier molecular flexibility index (Phi) is 4.97. The molecule has 0 radical (unpaired) electrons. The molecule has 0 saturated heterocycles. The Hall–Kier alpha value is -0.200. The van der Waals surface area contributed by atoms with Crippen LogP contribution in [0.5, 0.6) is 0 Å². The second-order valence-electron chi connectivity index (χ2n) is 3.45. The smallest absolute Gasteiger partial charge is 0.223 e. The molecule has 84 valence electrons. The molecule has 1 unspecified atom stereocenters. The minimum absolute atomic E-state index is 0.0417. The van der Waals surface area contributed by atoms with Crippen LogP contribution in [0, 0.1) is 0 Å². The average Bonchev–Trinajstić information content (AvgIpc) is 2.02. The van der Waals surface area contributed by atoms with Crippen LogP contribution in [0.2, 0.25) is 0 Å². The Morgan fingerprint density at radius 2 is 1.93 bits per heavy atom. The lowest BCUT2D eigenvalue weighted by atomic mass is 10.3. The summed E-state index contributed by atoms with van der Waals surface area (Å²) in [5, 5.41) is -0.745. The van der Waals surface area contributed by atoms with Crippen LogP contribution in [0.4, 0.5) is 0 Å². The van der Waals surface area contributed by atoms with Gasteiger partial charge in [0.05, 0.1) is 4.99 Å². The zero-order valence-electron chi connectivity index (χ0n) is 9.02. The Balaban J connectivity index is 5.03. The lowest BCUT2D eigenvalue weighted by Crippen LogP contribution is -2.45. The fourth-order valence-corrected chi connectivity index (χ4v) is 3.29. The Morgan fingerprint density at radius 1 is 1.50 bits per heavy atom. The van der Waals surface area contributed by atoms with Crippen LogP contribution in [-0.2, 0) is 10.0 Å². The van der Waals surface area contributed by atoms with Crippen molar-refractivity contribution in [3.8, 4) is 0 Å². The van der Waals surface area contributed by atoms with Crippen molar-refractivity contribution in [2.24, 2.45) is 5.73 Å². The van der Waals surface area contributed by atoms with Crippen molar-refractivity contribution in [2.45, 2.75) is 38.5 Å². The summed E-state index contributed by atoms with van der Waals surface area (Å²) in [6, 6.07) is -0.0802. The van der Waals surface area contributed by atoms with Gasteiger partial charge < -0.3 is 5.73 Å². The van der Waals surface area contributed by atoms with Gasteiger partial charge in [0.15, 0.2) is 0 Å². The first-order valence-corrected chi connectivity index (χ1v) is 6.42. The van der Waals surface area contributed by atoms with Crippen molar-refractivity contribution < 1.29 is 8.42 Å². The molecule has 6 heteroatoms. The van der Waals surface area contributed by atoms with Gasteiger partial charge in [-0.1, -0.05) is 19.1 Å². The fraction of sp³-hybridized carbons (Fsp3) is 0.875. The van der Waals surface area contributed by atoms with Crippen molar-refractivity contribution in [1.82, 2.24) is 4.31 Å². The number of rotatable bonds is 5. The van der Waals surface area contributed by atoms with E-state index in [1.165, 1.54) is 4.31 Å². The third kappa shape index (κ3) is 2.90. The third-order valence-electron chi connectivity index (χ3n) is 2.18. The first kappa shape index (κ1) is 13.8. The van der Waals surface area contributed by atoms with Crippen LogP contribution in [0.3, 0.4) is 0 Å². The van der Waals surface area contributed by atoms with Gasteiger partial charge in [-0.15, -0.1) is 0 Å². The average molecular weight is 238 g/mol. The van der Waals surface area contributed by atoms with E-state index in [1.54, 1.807) is 14.0 Å². The summed E-state index contributed by atoms with van der Waals surface area (Å²) in [7, 11) is -1.84. The predicted octanol–water partition coefficient (Wildman–Crippen LogP) is 0.721. The van der Waals surface area contributed by atoms with E-state index in [4.69, 9.17) is 18.0 Å². The van der Waals surface area contributed by atoms with Crippen LogP contribution in [0.15, 0.2) is 0 Å². The SMILES string of the molecule is CCC(C(N)=S)S(=O)(=O)N(C)C(C)C. The molecule has 0 amide bonds. The highest BCUT2D eigenvalue weighted by Gasteiger charge is 2.31. The molecule has 14 heavy (non-hydrogen) atoms. The molecule has 4 nitrogen and oxygen atoms in total. The van der Waals surface area contributed by atoms with Crippen molar-refractivity contribution in [1.29, 1.82) is 0 Å². The van der Waals surface area contributed by atoms with Crippen LogP contribution in [-0.4, -0.2) is 36.1 Å². The number of hydrogen-bond acceptors (Lipinski definition) is 3. The summed E-state index contributed by atoms with van der Waals surface area (Å²) < 4.78 is 25.1. The van der Waals surface area contributed by atoms with Crippen LogP contribution in [0.25, 0.3) is 0 Å². The van der Waals surface area contributed by atoms with Gasteiger partial charge in [0.2, 0.25) is 10.0 Å². The zero-order chi connectivity index (χ0) is 11.5. The van der Waals surface area contributed by atoms with Gasteiger partial charge in [-0.3, -0.25) is 0 Å². The monoisotopic (exact) mass is 238 g/mol. The first-order valence-electron chi connectivity index (χ1n) is 4.51. The van der Waals surface area contributed by atoms with Gasteiger partial charge in [-0.05, 0) is 20.3 Å². The maximum Gasteiger partial charge on any atom is 0.223 e. The molecule has 0 aromatic rings. The van der Waals surface area contributed by atoms with Gasteiger partial charge in [-0.25, -0.2) is 12.7 Å². The maximum absolute atomic E-state index is 11.9. The Labute approximate surface area is 91.5 Å².